The van der Waals surface area contributed by atoms with Gasteiger partial charge < -0.3 is 15.0 Å². The molecule has 1 aliphatic heterocycles. The lowest BCUT2D eigenvalue weighted by atomic mass is 10.1. The Morgan fingerprint density at radius 3 is 2.57 bits per heavy atom. The van der Waals surface area contributed by atoms with Gasteiger partial charge in [-0.05, 0) is 25.0 Å². The van der Waals surface area contributed by atoms with Gasteiger partial charge >= 0.3 is 6.03 Å². The molecule has 1 aromatic carbocycles. The Morgan fingerprint density at radius 1 is 1.35 bits per heavy atom. The fourth-order valence-corrected chi connectivity index (χ4v) is 3.36. The summed E-state index contributed by atoms with van der Waals surface area (Å²) in [5.41, 5.74) is 0.671. The first kappa shape index (κ1) is 17.6. The van der Waals surface area contributed by atoms with E-state index in [4.69, 9.17) is 4.74 Å². The van der Waals surface area contributed by atoms with Crippen molar-refractivity contribution >= 4 is 21.7 Å². The Balaban J connectivity index is 1.91. The Labute approximate surface area is 137 Å². The number of rotatable bonds is 4. The highest BCUT2D eigenvalue weighted by molar-refractivity contribution is 7.88. The number of piperidine rings is 1. The SMILES string of the molecule is COc1cccc(NC(=O)N2CCC(N(C)S(C)(=O)=O)CC2)c1. The highest BCUT2D eigenvalue weighted by atomic mass is 32.2. The van der Waals surface area contributed by atoms with Crippen LogP contribution in [0.25, 0.3) is 0 Å². The first-order valence-corrected chi connectivity index (χ1v) is 9.29. The van der Waals surface area contributed by atoms with Crippen LogP contribution >= 0.6 is 0 Å². The lowest BCUT2D eigenvalue weighted by molar-refractivity contribution is 0.175. The summed E-state index contributed by atoms with van der Waals surface area (Å²) in [5.74, 6) is 0.677. The number of carbonyl (C=O) groups is 1. The maximum atomic E-state index is 12.3. The molecule has 1 saturated heterocycles. The van der Waals surface area contributed by atoms with Crippen molar-refractivity contribution < 1.29 is 17.9 Å². The third-order valence-corrected chi connectivity index (χ3v) is 5.45. The molecule has 0 saturated carbocycles. The molecular weight excluding hydrogens is 318 g/mol. The van der Waals surface area contributed by atoms with E-state index in [0.717, 1.165) is 0 Å². The van der Waals surface area contributed by atoms with Gasteiger partial charge in [-0.25, -0.2) is 17.5 Å². The molecule has 0 aromatic heterocycles. The molecule has 1 N–H and O–H groups in total. The molecule has 2 amide bonds. The second-order valence-electron chi connectivity index (χ2n) is 5.66. The standard InChI is InChI=1S/C15H23N3O4S/c1-17(23(3,20)21)13-7-9-18(10-8-13)15(19)16-12-5-4-6-14(11-12)22-2/h4-6,11,13H,7-10H2,1-3H3,(H,16,19). The summed E-state index contributed by atoms with van der Waals surface area (Å²) in [6, 6.07) is 6.93. The number of anilines is 1. The number of nitrogens with zero attached hydrogens (tertiary/aromatic N) is 2. The maximum Gasteiger partial charge on any atom is 0.321 e. The molecule has 1 heterocycles. The van der Waals surface area contributed by atoms with Crippen LogP contribution in [0.5, 0.6) is 5.75 Å². The minimum atomic E-state index is -3.20. The van der Waals surface area contributed by atoms with E-state index >= 15 is 0 Å². The van der Waals surface area contributed by atoms with E-state index < -0.39 is 10.0 Å². The smallest absolute Gasteiger partial charge is 0.321 e. The van der Waals surface area contributed by atoms with Gasteiger partial charge in [0.1, 0.15) is 5.75 Å². The molecule has 23 heavy (non-hydrogen) atoms. The highest BCUT2D eigenvalue weighted by Gasteiger charge is 2.28. The van der Waals surface area contributed by atoms with Gasteiger partial charge in [-0.2, -0.15) is 0 Å². The number of likely N-dealkylation sites (tertiary alicyclic amines) is 1. The van der Waals surface area contributed by atoms with E-state index in [1.165, 1.54) is 10.6 Å². The van der Waals surface area contributed by atoms with Gasteiger partial charge in [0.2, 0.25) is 10.0 Å². The number of nitrogens with one attached hydrogen (secondary N) is 1. The fraction of sp³-hybridized carbons (Fsp3) is 0.533. The summed E-state index contributed by atoms with van der Waals surface area (Å²) in [6.45, 7) is 1.06. The number of hydrogen-bond donors (Lipinski definition) is 1. The number of carbonyl (C=O) groups excluding carboxylic acids is 1. The molecule has 128 valence electrons. The van der Waals surface area contributed by atoms with Crippen LogP contribution < -0.4 is 10.1 Å². The molecule has 8 heteroatoms. The van der Waals surface area contributed by atoms with E-state index in [-0.39, 0.29) is 12.1 Å². The van der Waals surface area contributed by atoms with E-state index in [2.05, 4.69) is 5.32 Å². The van der Waals surface area contributed by atoms with Crippen LogP contribution in [0.1, 0.15) is 12.8 Å². The summed E-state index contributed by atoms with van der Waals surface area (Å²) >= 11 is 0. The molecule has 1 aromatic rings. The summed E-state index contributed by atoms with van der Waals surface area (Å²) < 4.78 is 29.7. The summed E-state index contributed by atoms with van der Waals surface area (Å²) in [4.78, 5) is 14.0. The van der Waals surface area contributed by atoms with Crippen LogP contribution in [0.2, 0.25) is 0 Å². The zero-order valence-corrected chi connectivity index (χ0v) is 14.5. The molecule has 0 radical (unpaired) electrons. The van der Waals surface area contributed by atoms with Crippen molar-refractivity contribution in [2.24, 2.45) is 0 Å². The fourth-order valence-electron chi connectivity index (χ4n) is 2.61. The maximum absolute atomic E-state index is 12.3. The predicted molar refractivity (Wildman–Crippen MR) is 89.2 cm³/mol. The zero-order chi connectivity index (χ0) is 17.0. The predicted octanol–water partition coefficient (Wildman–Crippen LogP) is 1.58. The summed E-state index contributed by atoms with van der Waals surface area (Å²) in [6.07, 6.45) is 2.47. The van der Waals surface area contributed by atoms with Crippen molar-refractivity contribution in [3.05, 3.63) is 24.3 Å². The largest absolute Gasteiger partial charge is 0.497 e. The van der Waals surface area contributed by atoms with Gasteiger partial charge in [-0.1, -0.05) is 6.07 Å². The number of urea groups is 1. The average molecular weight is 341 g/mol. The first-order chi connectivity index (χ1) is 10.8. The third kappa shape index (κ3) is 4.59. The van der Waals surface area contributed by atoms with Gasteiger partial charge in [0.05, 0.1) is 13.4 Å². The second kappa shape index (κ2) is 7.18. The number of sulfonamides is 1. The van der Waals surface area contributed by atoms with Crippen LogP contribution in [0.4, 0.5) is 10.5 Å². The van der Waals surface area contributed by atoms with Crippen molar-refractivity contribution in [1.82, 2.24) is 9.21 Å². The highest BCUT2D eigenvalue weighted by Crippen LogP contribution is 2.20. The molecule has 1 fully saturated rings. The lowest BCUT2D eigenvalue weighted by Gasteiger charge is -2.35. The zero-order valence-electron chi connectivity index (χ0n) is 13.7. The number of methoxy groups -OCH3 is 1. The molecule has 2 rings (SSSR count). The van der Waals surface area contributed by atoms with Crippen LogP contribution in [-0.4, -0.2) is 63.2 Å². The van der Waals surface area contributed by atoms with E-state index in [1.807, 2.05) is 12.1 Å². The number of ether oxygens (including phenoxy) is 1. The molecule has 7 nitrogen and oxygen atoms in total. The monoisotopic (exact) mass is 341 g/mol. The quantitative estimate of drug-likeness (QED) is 0.902. The molecule has 0 bridgehead atoms. The van der Waals surface area contributed by atoms with Gasteiger partial charge in [-0.3, -0.25) is 0 Å². The lowest BCUT2D eigenvalue weighted by Crippen LogP contribution is -2.48. The molecule has 0 spiro atoms. The van der Waals surface area contributed by atoms with Crippen LogP contribution in [0.3, 0.4) is 0 Å². The second-order valence-corrected chi connectivity index (χ2v) is 7.70. The van der Waals surface area contributed by atoms with Gasteiger partial charge in [0, 0.05) is 37.9 Å². The van der Waals surface area contributed by atoms with E-state index in [0.29, 0.717) is 37.4 Å². The molecular formula is C15H23N3O4S. The number of amides is 2. The Hall–Kier alpha value is -1.80. The van der Waals surface area contributed by atoms with E-state index in [1.54, 1.807) is 31.2 Å². The number of hydrogen-bond acceptors (Lipinski definition) is 4. The van der Waals surface area contributed by atoms with Gasteiger partial charge in [-0.15, -0.1) is 0 Å². The van der Waals surface area contributed by atoms with Crippen LogP contribution in [0, 0.1) is 0 Å². The van der Waals surface area contributed by atoms with Crippen molar-refractivity contribution in [1.29, 1.82) is 0 Å². The van der Waals surface area contributed by atoms with Crippen molar-refractivity contribution in [3.63, 3.8) is 0 Å². The minimum absolute atomic E-state index is 0.0501. The molecule has 0 aliphatic carbocycles. The number of benzene rings is 1. The van der Waals surface area contributed by atoms with Gasteiger partial charge in [0.15, 0.2) is 0 Å². The Kier molecular flexibility index (Phi) is 5.48. The van der Waals surface area contributed by atoms with Gasteiger partial charge in [0.25, 0.3) is 0 Å². The third-order valence-electron chi connectivity index (χ3n) is 4.11. The minimum Gasteiger partial charge on any atom is -0.497 e. The van der Waals surface area contributed by atoms with Crippen molar-refractivity contribution in [3.8, 4) is 5.75 Å². The van der Waals surface area contributed by atoms with Crippen LogP contribution in [-0.2, 0) is 10.0 Å². The van der Waals surface area contributed by atoms with Crippen molar-refractivity contribution in [2.75, 3.05) is 38.8 Å². The average Bonchev–Trinajstić information content (AvgIpc) is 2.53. The Bertz CT molecular complexity index is 654. The normalized spacial score (nSPS) is 16.4. The van der Waals surface area contributed by atoms with E-state index in [9.17, 15) is 13.2 Å². The topological polar surface area (TPSA) is 79.0 Å². The Morgan fingerprint density at radius 2 is 2.00 bits per heavy atom. The molecule has 1 aliphatic rings. The summed E-state index contributed by atoms with van der Waals surface area (Å²) in [7, 11) is -0.0334. The summed E-state index contributed by atoms with van der Waals surface area (Å²) in [5, 5.41) is 2.84. The first-order valence-electron chi connectivity index (χ1n) is 7.44. The van der Waals surface area contributed by atoms with Crippen molar-refractivity contribution in [2.45, 2.75) is 18.9 Å². The van der Waals surface area contributed by atoms with Crippen LogP contribution in [0.15, 0.2) is 24.3 Å². The molecule has 0 unspecified atom stereocenters. The molecule has 0 atom stereocenters.